The molecule has 1 amide bonds. The highest BCUT2D eigenvalue weighted by Gasteiger charge is 2.31. The maximum absolute atomic E-state index is 12.4. The van der Waals surface area contributed by atoms with E-state index < -0.39 is 12.5 Å². The minimum absolute atomic E-state index is 0.0397. The van der Waals surface area contributed by atoms with Crippen LogP contribution in [0.25, 0.3) is 22.4 Å². The number of aliphatic hydroxyl groups is 1. The van der Waals surface area contributed by atoms with Crippen LogP contribution in [0.3, 0.4) is 0 Å². The minimum Gasteiger partial charge on any atom is -0.406 e. The van der Waals surface area contributed by atoms with Crippen LogP contribution in [0.1, 0.15) is 6.42 Å². The van der Waals surface area contributed by atoms with Crippen molar-refractivity contribution in [3.05, 3.63) is 42.7 Å². The van der Waals surface area contributed by atoms with Crippen molar-refractivity contribution in [1.82, 2.24) is 19.4 Å². The lowest BCUT2D eigenvalue weighted by Crippen LogP contribution is -2.32. The van der Waals surface area contributed by atoms with Gasteiger partial charge in [-0.05, 0) is 42.8 Å². The van der Waals surface area contributed by atoms with E-state index in [1.807, 2.05) is 0 Å². The fourth-order valence-corrected chi connectivity index (χ4v) is 3.26. The van der Waals surface area contributed by atoms with Crippen molar-refractivity contribution < 1.29 is 27.8 Å². The van der Waals surface area contributed by atoms with Gasteiger partial charge in [-0.15, -0.1) is 13.2 Å². The average molecular weight is 406 g/mol. The molecule has 7 nitrogen and oxygen atoms in total. The standard InChI is InChI=1S/C19H17F3N4O3/c20-19(21,22)29-14-3-1-12(2-4-14)15-5-6-16-18(24-15)26(11-23-16)10-17(28)25-8-7-13(27)9-25/h1-6,11,13,27H,7-10H2/t13-/m0/s1. The van der Waals surface area contributed by atoms with Crippen LogP contribution in [0.2, 0.25) is 0 Å². The zero-order chi connectivity index (χ0) is 20.6. The fourth-order valence-electron chi connectivity index (χ4n) is 3.26. The topological polar surface area (TPSA) is 80.5 Å². The number of β-amino-alcohol motifs (C(OH)–C–C–N with tert-alkyl or cyclic N) is 1. The first-order valence-corrected chi connectivity index (χ1v) is 8.92. The molecule has 3 aromatic rings. The number of hydrogen-bond acceptors (Lipinski definition) is 5. The summed E-state index contributed by atoms with van der Waals surface area (Å²) < 4.78 is 42.4. The Morgan fingerprint density at radius 2 is 1.97 bits per heavy atom. The van der Waals surface area contributed by atoms with Gasteiger partial charge in [0.2, 0.25) is 5.91 Å². The molecule has 152 valence electrons. The Kier molecular flexibility index (Phi) is 4.87. The predicted molar refractivity (Wildman–Crippen MR) is 96.9 cm³/mol. The van der Waals surface area contributed by atoms with Gasteiger partial charge in [0.25, 0.3) is 0 Å². The summed E-state index contributed by atoms with van der Waals surface area (Å²) in [5.41, 5.74) is 2.22. The molecule has 0 spiro atoms. The second kappa shape index (κ2) is 7.36. The van der Waals surface area contributed by atoms with E-state index in [1.165, 1.54) is 30.6 Å². The molecule has 0 saturated carbocycles. The first kappa shape index (κ1) is 19.2. The molecule has 2 aromatic heterocycles. The molecule has 1 aliphatic rings. The maximum Gasteiger partial charge on any atom is 0.573 e. The second-order valence-electron chi connectivity index (χ2n) is 6.77. The largest absolute Gasteiger partial charge is 0.573 e. The van der Waals surface area contributed by atoms with Gasteiger partial charge >= 0.3 is 6.36 Å². The number of carbonyl (C=O) groups excluding carboxylic acids is 1. The molecular weight excluding hydrogens is 389 g/mol. The van der Waals surface area contributed by atoms with Gasteiger partial charge < -0.3 is 19.3 Å². The number of benzene rings is 1. The Hall–Kier alpha value is -3.14. The number of likely N-dealkylation sites (tertiary alicyclic amines) is 1. The number of ether oxygens (including phenoxy) is 1. The first-order valence-electron chi connectivity index (χ1n) is 8.92. The maximum atomic E-state index is 12.4. The van der Waals surface area contributed by atoms with E-state index >= 15 is 0 Å². The fraction of sp³-hybridized carbons (Fsp3) is 0.316. The molecule has 0 radical (unpaired) electrons. The summed E-state index contributed by atoms with van der Waals surface area (Å²) in [6.07, 6.45) is -3.16. The number of halogens is 3. The summed E-state index contributed by atoms with van der Waals surface area (Å²) in [5, 5.41) is 9.59. The smallest absolute Gasteiger partial charge is 0.406 e. The van der Waals surface area contributed by atoms with Crippen LogP contribution in [-0.2, 0) is 11.3 Å². The Labute approximate surface area is 163 Å². The summed E-state index contributed by atoms with van der Waals surface area (Å²) in [4.78, 5) is 22.8. The van der Waals surface area contributed by atoms with E-state index in [2.05, 4.69) is 14.7 Å². The number of fused-ring (bicyclic) bond motifs is 1. The zero-order valence-corrected chi connectivity index (χ0v) is 15.1. The molecule has 4 rings (SSSR count). The van der Waals surface area contributed by atoms with Crippen molar-refractivity contribution in [1.29, 1.82) is 0 Å². The van der Waals surface area contributed by atoms with E-state index in [0.717, 1.165) is 0 Å². The molecule has 1 fully saturated rings. The van der Waals surface area contributed by atoms with Gasteiger partial charge in [0.05, 0.1) is 18.1 Å². The minimum atomic E-state index is -4.75. The number of aliphatic hydroxyl groups excluding tert-OH is 1. The number of rotatable bonds is 4. The van der Waals surface area contributed by atoms with Gasteiger partial charge in [-0.1, -0.05) is 0 Å². The van der Waals surface area contributed by atoms with E-state index in [4.69, 9.17) is 0 Å². The summed E-state index contributed by atoms with van der Waals surface area (Å²) in [6, 6.07) is 8.83. The lowest BCUT2D eigenvalue weighted by Gasteiger charge is -2.15. The molecule has 1 atom stereocenters. The highest BCUT2D eigenvalue weighted by Crippen LogP contribution is 2.26. The SMILES string of the molecule is O=C(Cn1cnc2ccc(-c3ccc(OC(F)(F)F)cc3)nc21)N1CC[C@H](O)C1. The lowest BCUT2D eigenvalue weighted by molar-refractivity contribution is -0.274. The molecule has 1 N–H and O–H groups in total. The van der Waals surface area contributed by atoms with Crippen molar-refractivity contribution in [2.24, 2.45) is 0 Å². The van der Waals surface area contributed by atoms with Crippen LogP contribution in [0, 0.1) is 0 Å². The van der Waals surface area contributed by atoms with E-state index in [9.17, 15) is 23.1 Å². The van der Waals surface area contributed by atoms with Gasteiger partial charge in [0.1, 0.15) is 17.8 Å². The van der Waals surface area contributed by atoms with Crippen molar-refractivity contribution in [2.45, 2.75) is 25.4 Å². The van der Waals surface area contributed by atoms with Crippen molar-refractivity contribution >= 4 is 17.1 Å². The number of hydrogen-bond donors (Lipinski definition) is 1. The Morgan fingerprint density at radius 1 is 1.21 bits per heavy atom. The Balaban J connectivity index is 1.56. The second-order valence-corrected chi connectivity index (χ2v) is 6.77. The molecule has 1 aromatic carbocycles. The number of pyridine rings is 1. The third-order valence-electron chi connectivity index (χ3n) is 4.67. The number of amides is 1. The van der Waals surface area contributed by atoms with Crippen molar-refractivity contribution in [3.63, 3.8) is 0 Å². The number of imidazole rings is 1. The third kappa shape index (κ3) is 4.32. The van der Waals surface area contributed by atoms with Gasteiger partial charge in [0, 0.05) is 18.7 Å². The van der Waals surface area contributed by atoms with E-state index in [-0.39, 0.29) is 18.2 Å². The molecule has 1 saturated heterocycles. The number of carbonyl (C=O) groups is 1. The molecule has 10 heteroatoms. The first-order chi connectivity index (χ1) is 13.8. The Bertz CT molecular complexity index is 1030. The van der Waals surface area contributed by atoms with Gasteiger partial charge in [-0.25, -0.2) is 9.97 Å². The zero-order valence-electron chi connectivity index (χ0n) is 15.1. The number of alkyl halides is 3. The predicted octanol–water partition coefficient (Wildman–Crippen LogP) is 2.59. The monoisotopic (exact) mass is 406 g/mol. The molecular formula is C19H17F3N4O3. The summed E-state index contributed by atoms with van der Waals surface area (Å²) >= 11 is 0. The highest BCUT2D eigenvalue weighted by molar-refractivity contribution is 5.80. The molecule has 0 aliphatic carbocycles. The van der Waals surface area contributed by atoms with Crippen LogP contribution in [0.15, 0.2) is 42.7 Å². The third-order valence-corrected chi connectivity index (χ3v) is 4.67. The molecule has 1 aliphatic heterocycles. The van der Waals surface area contributed by atoms with Crippen LogP contribution < -0.4 is 4.74 Å². The quantitative estimate of drug-likeness (QED) is 0.721. The number of nitrogens with zero attached hydrogens (tertiary/aromatic N) is 4. The van der Waals surface area contributed by atoms with Gasteiger partial charge in [0.15, 0.2) is 5.65 Å². The molecule has 0 bridgehead atoms. The van der Waals surface area contributed by atoms with E-state index in [0.29, 0.717) is 41.9 Å². The van der Waals surface area contributed by atoms with Gasteiger partial charge in [-0.3, -0.25) is 4.79 Å². The van der Waals surface area contributed by atoms with Crippen molar-refractivity contribution in [3.8, 4) is 17.0 Å². The molecule has 0 unspecified atom stereocenters. The highest BCUT2D eigenvalue weighted by atomic mass is 19.4. The molecule has 3 heterocycles. The van der Waals surface area contributed by atoms with Crippen LogP contribution in [-0.4, -0.2) is 56.0 Å². The van der Waals surface area contributed by atoms with Crippen LogP contribution >= 0.6 is 0 Å². The van der Waals surface area contributed by atoms with Gasteiger partial charge in [-0.2, -0.15) is 0 Å². The average Bonchev–Trinajstić information content (AvgIpc) is 3.27. The molecule has 29 heavy (non-hydrogen) atoms. The lowest BCUT2D eigenvalue weighted by atomic mass is 10.1. The van der Waals surface area contributed by atoms with Crippen LogP contribution in [0.4, 0.5) is 13.2 Å². The normalized spacial score (nSPS) is 17.1. The summed E-state index contributed by atoms with van der Waals surface area (Å²) in [6.45, 7) is 0.867. The van der Waals surface area contributed by atoms with E-state index in [1.54, 1.807) is 21.6 Å². The van der Waals surface area contributed by atoms with Crippen molar-refractivity contribution in [2.75, 3.05) is 13.1 Å². The Morgan fingerprint density at radius 3 is 2.62 bits per heavy atom. The summed E-state index contributed by atoms with van der Waals surface area (Å²) in [5.74, 6) is -0.451. The number of aromatic nitrogens is 3. The van der Waals surface area contributed by atoms with Crippen LogP contribution in [0.5, 0.6) is 5.75 Å². The summed E-state index contributed by atoms with van der Waals surface area (Å²) in [7, 11) is 0.